The number of ether oxygens (including phenoxy) is 1. The maximum absolute atomic E-state index is 15.0. The molecule has 1 fully saturated rings. The number of benzene rings is 1. The number of allylic oxidation sites excluding steroid dienone is 4. The van der Waals surface area contributed by atoms with Crippen LogP contribution in [0.5, 0.6) is 0 Å². The van der Waals surface area contributed by atoms with Gasteiger partial charge in [0.15, 0.2) is 22.8 Å². The fourth-order valence-corrected chi connectivity index (χ4v) is 6.61. The van der Waals surface area contributed by atoms with Gasteiger partial charge in [-0.25, -0.2) is 0 Å². The molecule has 210 valence electrons. The van der Waals surface area contributed by atoms with Crippen molar-refractivity contribution >= 4 is 17.3 Å². The molecule has 2 aliphatic carbocycles. The van der Waals surface area contributed by atoms with E-state index in [1.54, 1.807) is 64.1 Å². The van der Waals surface area contributed by atoms with E-state index in [1.807, 2.05) is 39.8 Å². The highest BCUT2D eigenvalue weighted by Gasteiger charge is 2.76. The van der Waals surface area contributed by atoms with E-state index in [4.69, 9.17) is 4.74 Å². The number of rotatable bonds is 7. The van der Waals surface area contributed by atoms with Gasteiger partial charge >= 0.3 is 0 Å². The van der Waals surface area contributed by atoms with Gasteiger partial charge in [0.05, 0.1) is 16.6 Å². The molecule has 3 aliphatic rings. The van der Waals surface area contributed by atoms with Crippen molar-refractivity contribution in [2.45, 2.75) is 92.0 Å². The average molecular weight is 535 g/mol. The van der Waals surface area contributed by atoms with Crippen LogP contribution < -0.4 is 0 Å². The summed E-state index contributed by atoms with van der Waals surface area (Å²) in [6, 6.07) is 8.55. The molecule has 1 aromatic rings. The lowest BCUT2D eigenvalue weighted by Crippen LogP contribution is -2.69. The molecule has 1 aromatic carbocycles. The van der Waals surface area contributed by atoms with E-state index in [2.05, 4.69) is 0 Å². The quantitative estimate of drug-likeness (QED) is 0.271. The minimum absolute atomic E-state index is 0.131. The van der Waals surface area contributed by atoms with Crippen molar-refractivity contribution in [1.82, 2.24) is 0 Å². The van der Waals surface area contributed by atoms with Gasteiger partial charge in [-0.3, -0.25) is 14.4 Å². The van der Waals surface area contributed by atoms with E-state index in [0.29, 0.717) is 23.3 Å². The van der Waals surface area contributed by atoms with Gasteiger partial charge < -0.3 is 14.9 Å². The molecule has 6 heteroatoms. The number of carbonyl (C=O) groups is 3. The first-order valence-corrected chi connectivity index (χ1v) is 13.8. The second-order valence-corrected chi connectivity index (χ2v) is 13.5. The van der Waals surface area contributed by atoms with Gasteiger partial charge in [0, 0.05) is 17.6 Å². The van der Waals surface area contributed by atoms with E-state index in [0.717, 1.165) is 5.57 Å². The summed E-state index contributed by atoms with van der Waals surface area (Å²) < 4.78 is 6.36. The van der Waals surface area contributed by atoms with Gasteiger partial charge in [-0.2, -0.15) is 0 Å². The number of hydrogen-bond donors (Lipinski definition) is 2. The van der Waals surface area contributed by atoms with Crippen molar-refractivity contribution in [3.8, 4) is 0 Å². The molecule has 0 spiro atoms. The predicted octanol–water partition coefficient (Wildman–Crippen LogP) is 5.54. The van der Waals surface area contributed by atoms with Crippen LogP contribution in [0.4, 0.5) is 0 Å². The SMILES string of the molecule is CC(C)=CCC12CC(C=CC(C)(C)O)C(C)(C)C(C(=O)c3ccccc3)(C(=O)C3=C1OC(C(C)(C)O)C3)C2=O. The topological polar surface area (TPSA) is 101 Å². The zero-order valence-corrected chi connectivity index (χ0v) is 24.4. The Balaban J connectivity index is 2.07. The Kier molecular flexibility index (Phi) is 7.01. The van der Waals surface area contributed by atoms with Crippen molar-refractivity contribution in [3.63, 3.8) is 0 Å². The van der Waals surface area contributed by atoms with E-state index in [1.165, 1.54) is 0 Å². The summed E-state index contributed by atoms with van der Waals surface area (Å²) >= 11 is 0. The molecule has 0 amide bonds. The summed E-state index contributed by atoms with van der Waals surface area (Å²) in [5, 5.41) is 21.4. The van der Waals surface area contributed by atoms with Gasteiger partial charge in [0.1, 0.15) is 11.9 Å². The number of Topliss-reactive ketones (excluding diaryl/α,β-unsaturated/α-hetero) is 3. The standard InChI is InChI=1S/C33H42O6/c1-20(2)14-17-32-19-22(15-16-29(3,4)37)30(5,6)33(28(32)36,25(34)21-12-10-9-11-13-21)26(35)23-18-24(31(7,8)38)39-27(23)32/h9-16,22,24,37-38H,17-19H2,1-8H3. The molecule has 39 heavy (non-hydrogen) atoms. The summed E-state index contributed by atoms with van der Waals surface area (Å²) in [7, 11) is 0. The average Bonchev–Trinajstić information content (AvgIpc) is 3.29. The fraction of sp³-hybridized carbons (Fsp3) is 0.545. The highest BCUT2D eigenvalue weighted by atomic mass is 16.5. The summed E-state index contributed by atoms with van der Waals surface area (Å²) in [6.45, 7) is 14.1. The lowest BCUT2D eigenvalue weighted by atomic mass is 9.39. The first kappa shape index (κ1) is 29.2. The first-order valence-electron chi connectivity index (χ1n) is 13.8. The fourth-order valence-electron chi connectivity index (χ4n) is 6.61. The molecule has 2 bridgehead atoms. The van der Waals surface area contributed by atoms with Crippen molar-refractivity contribution in [1.29, 1.82) is 0 Å². The number of fused-ring (bicyclic) bond motifs is 3. The Hall–Kier alpha value is -2.83. The molecule has 0 saturated heterocycles. The lowest BCUT2D eigenvalue weighted by molar-refractivity contribution is -0.163. The molecule has 1 heterocycles. The molecule has 4 unspecified atom stereocenters. The lowest BCUT2D eigenvalue weighted by Gasteiger charge is -2.58. The molecular formula is C33H42O6. The molecule has 1 aliphatic heterocycles. The minimum Gasteiger partial charge on any atom is -0.490 e. The smallest absolute Gasteiger partial charge is 0.184 e. The Labute approximate surface area is 231 Å². The summed E-state index contributed by atoms with van der Waals surface area (Å²) in [4.78, 5) is 44.4. The maximum atomic E-state index is 15.0. The first-order chi connectivity index (χ1) is 17.9. The van der Waals surface area contributed by atoms with Gasteiger partial charge in [-0.15, -0.1) is 0 Å². The zero-order chi connectivity index (χ0) is 29.2. The Morgan fingerprint density at radius 1 is 1.08 bits per heavy atom. The minimum atomic E-state index is -1.99. The predicted molar refractivity (Wildman–Crippen MR) is 150 cm³/mol. The van der Waals surface area contributed by atoms with Crippen molar-refractivity contribution in [2.24, 2.45) is 22.2 Å². The highest BCUT2D eigenvalue weighted by molar-refractivity contribution is 6.36. The van der Waals surface area contributed by atoms with Crippen LogP contribution in [0.2, 0.25) is 0 Å². The van der Waals surface area contributed by atoms with Gasteiger partial charge in [-0.05, 0) is 65.7 Å². The molecule has 1 saturated carbocycles. The van der Waals surface area contributed by atoms with Gasteiger partial charge in [0.25, 0.3) is 0 Å². The van der Waals surface area contributed by atoms with Crippen LogP contribution in [0.1, 0.15) is 85.0 Å². The third-order valence-corrected chi connectivity index (χ3v) is 8.97. The summed E-state index contributed by atoms with van der Waals surface area (Å²) in [6.07, 6.45) is 5.49. The highest BCUT2D eigenvalue weighted by Crippen LogP contribution is 2.67. The van der Waals surface area contributed by atoms with Crippen LogP contribution in [-0.2, 0) is 14.3 Å². The maximum Gasteiger partial charge on any atom is 0.184 e. The molecule has 4 rings (SSSR count). The monoisotopic (exact) mass is 534 g/mol. The molecule has 0 aromatic heterocycles. The van der Waals surface area contributed by atoms with E-state index in [-0.39, 0.29) is 12.8 Å². The van der Waals surface area contributed by atoms with Crippen LogP contribution in [0, 0.1) is 22.2 Å². The van der Waals surface area contributed by atoms with Gasteiger partial charge in [-0.1, -0.05) is 68.0 Å². The van der Waals surface area contributed by atoms with E-state index < -0.39 is 56.8 Å². The summed E-state index contributed by atoms with van der Waals surface area (Å²) in [5.74, 6) is -1.58. The van der Waals surface area contributed by atoms with Crippen molar-refractivity contribution < 1.29 is 29.3 Å². The zero-order valence-electron chi connectivity index (χ0n) is 24.4. The van der Waals surface area contributed by atoms with E-state index >= 15 is 4.79 Å². The van der Waals surface area contributed by atoms with Crippen molar-refractivity contribution in [2.75, 3.05) is 0 Å². The third kappa shape index (κ3) is 4.46. The Morgan fingerprint density at radius 2 is 1.69 bits per heavy atom. The molecular weight excluding hydrogens is 492 g/mol. The van der Waals surface area contributed by atoms with Crippen LogP contribution in [0.25, 0.3) is 0 Å². The number of hydrogen-bond acceptors (Lipinski definition) is 6. The third-order valence-electron chi connectivity index (χ3n) is 8.97. The van der Waals surface area contributed by atoms with Crippen LogP contribution in [0.15, 0.2) is 65.5 Å². The molecule has 4 atom stereocenters. The number of aliphatic hydroxyl groups is 2. The van der Waals surface area contributed by atoms with Crippen molar-refractivity contribution in [3.05, 3.63) is 71.0 Å². The van der Waals surface area contributed by atoms with Gasteiger partial charge in [0.2, 0.25) is 0 Å². The number of carbonyl (C=O) groups excluding carboxylic acids is 3. The van der Waals surface area contributed by atoms with E-state index in [9.17, 15) is 19.8 Å². The number of ketones is 3. The summed E-state index contributed by atoms with van der Waals surface area (Å²) in [5.41, 5.74) is -5.12. The molecule has 2 N–H and O–H groups in total. The second kappa shape index (κ2) is 9.38. The Bertz CT molecular complexity index is 1280. The normalized spacial score (nSPS) is 30.3. The van der Waals surface area contributed by atoms with Crippen LogP contribution in [-0.4, -0.2) is 44.9 Å². The van der Waals surface area contributed by atoms with Crippen LogP contribution in [0.3, 0.4) is 0 Å². The molecule has 0 radical (unpaired) electrons. The largest absolute Gasteiger partial charge is 0.490 e. The Morgan fingerprint density at radius 3 is 2.23 bits per heavy atom. The molecule has 6 nitrogen and oxygen atoms in total. The second-order valence-electron chi connectivity index (χ2n) is 13.5. The van der Waals surface area contributed by atoms with Crippen LogP contribution >= 0.6 is 0 Å².